The topological polar surface area (TPSA) is 130 Å². The molecule has 0 aromatic heterocycles. The first-order valence-corrected chi connectivity index (χ1v) is 13.1. The van der Waals surface area contributed by atoms with Crippen molar-refractivity contribution in [1.29, 1.82) is 0 Å². The number of carbonyl (C=O) groups excluding carboxylic acids is 3. The number of allylic oxidation sites excluding steroid dienone is 1. The van der Waals surface area contributed by atoms with E-state index >= 15 is 0 Å². The van der Waals surface area contributed by atoms with Crippen LogP contribution in [0, 0.1) is 35.0 Å². The Bertz CT molecular complexity index is 1130. The third-order valence-electron chi connectivity index (χ3n) is 9.69. The number of rotatable bonds is 5. The van der Waals surface area contributed by atoms with Crippen molar-refractivity contribution in [3.8, 4) is 0 Å². The number of ether oxygens (including phenoxy) is 2. The van der Waals surface area contributed by atoms with Crippen molar-refractivity contribution in [2.75, 3.05) is 6.61 Å². The van der Waals surface area contributed by atoms with Crippen LogP contribution in [-0.2, 0) is 23.9 Å². The minimum absolute atomic E-state index is 0.125. The summed E-state index contributed by atoms with van der Waals surface area (Å²) in [5.41, 5.74) is -4.51. The fourth-order valence-electron chi connectivity index (χ4n) is 7.43. The first kappa shape index (κ1) is 27.7. The number of esters is 2. The smallest absolute Gasteiger partial charge is 0.333 e. The van der Waals surface area contributed by atoms with Crippen LogP contribution in [0.15, 0.2) is 34.9 Å². The predicted octanol–water partition coefficient (Wildman–Crippen LogP) is 2.65. The SMILES string of the molecule is C/C=C(\C)C(=O)O[C@@H]1[C@H](C)[C@@]2(O)[C@H]3C=C(C)C(=O)[C@]3(O)CC(CO)=C[C@H]2[C@H]2C(C)(C)[C@]12OC(=O)C(C)C. The third kappa shape index (κ3) is 3.48. The van der Waals surface area contributed by atoms with Crippen molar-refractivity contribution in [2.24, 2.45) is 35.0 Å². The number of hydrogen-bond acceptors (Lipinski definition) is 8. The van der Waals surface area contributed by atoms with Gasteiger partial charge in [-0.15, -0.1) is 0 Å². The summed E-state index contributed by atoms with van der Waals surface area (Å²) in [6.45, 7) is 13.5. The van der Waals surface area contributed by atoms with Gasteiger partial charge in [0.2, 0.25) is 0 Å². The zero-order chi connectivity index (χ0) is 27.9. The van der Waals surface area contributed by atoms with Crippen molar-refractivity contribution >= 4 is 17.7 Å². The molecule has 0 radical (unpaired) electrons. The predicted molar refractivity (Wildman–Crippen MR) is 135 cm³/mol. The molecule has 0 aromatic rings. The highest BCUT2D eigenvalue weighted by molar-refractivity contribution is 6.04. The van der Waals surface area contributed by atoms with E-state index in [2.05, 4.69) is 0 Å². The Kier molecular flexibility index (Phi) is 6.46. The van der Waals surface area contributed by atoms with Crippen molar-refractivity contribution in [2.45, 2.75) is 84.7 Å². The van der Waals surface area contributed by atoms with Gasteiger partial charge in [-0.3, -0.25) is 9.59 Å². The van der Waals surface area contributed by atoms with Gasteiger partial charge in [0.15, 0.2) is 11.4 Å². The third-order valence-corrected chi connectivity index (χ3v) is 9.69. The first-order valence-electron chi connectivity index (χ1n) is 13.1. The van der Waals surface area contributed by atoms with E-state index in [-0.39, 0.29) is 6.42 Å². The van der Waals surface area contributed by atoms with Crippen LogP contribution in [0.5, 0.6) is 0 Å². The summed E-state index contributed by atoms with van der Waals surface area (Å²) in [6, 6.07) is 0. The molecule has 4 aliphatic carbocycles. The molecule has 2 saturated carbocycles. The molecule has 0 heterocycles. The fourth-order valence-corrected chi connectivity index (χ4v) is 7.43. The monoisotopic (exact) mass is 516 g/mol. The number of Topliss-reactive ketones (excluding diaryl/α,β-unsaturated/α-hetero) is 1. The summed E-state index contributed by atoms with van der Waals surface area (Å²) < 4.78 is 12.3. The van der Waals surface area contributed by atoms with E-state index in [0.717, 1.165) is 0 Å². The van der Waals surface area contributed by atoms with Crippen molar-refractivity contribution in [3.63, 3.8) is 0 Å². The summed E-state index contributed by atoms with van der Waals surface area (Å²) >= 11 is 0. The summed E-state index contributed by atoms with van der Waals surface area (Å²) in [5, 5.41) is 34.6. The summed E-state index contributed by atoms with van der Waals surface area (Å²) in [4.78, 5) is 39.3. The van der Waals surface area contributed by atoms with Crippen LogP contribution < -0.4 is 0 Å². The standard InChI is InChI=1S/C29H40O8/c1-9-15(4)25(33)36-23-17(6)28(35)19(21-26(7,8)29(21,23)37-24(32)14(2)3)11-18(13-30)12-27(34)20(28)10-16(5)22(27)31/h9-11,14,17,19-21,23,30,34-35H,12-13H2,1-8H3/b15-9+/t17-,19-,20-,21-,23+,27-,28-,29+/m0/s1. The summed E-state index contributed by atoms with van der Waals surface area (Å²) in [5.74, 6) is -5.00. The molecular formula is C29H40O8. The van der Waals surface area contributed by atoms with E-state index in [4.69, 9.17) is 9.47 Å². The number of ketones is 1. The van der Waals surface area contributed by atoms with Crippen LogP contribution in [0.4, 0.5) is 0 Å². The lowest BCUT2D eigenvalue weighted by molar-refractivity contribution is -0.228. The number of hydrogen-bond donors (Lipinski definition) is 3. The number of fused-ring (bicyclic) bond motifs is 5. The molecule has 4 aliphatic rings. The Morgan fingerprint density at radius 1 is 1.22 bits per heavy atom. The summed E-state index contributed by atoms with van der Waals surface area (Å²) in [6.07, 6.45) is 3.81. The molecule has 37 heavy (non-hydrogen) atoms. The molecule has 0 amide bonds. The van der Waals surface area contributed by atoms with Crippen molar-refractivity contribution in [3.05, 3.63) is 34.9 Å². The average Bonchev–Trinajstić information content (AvgIpc) is 3.26. The van der Waals surface area contributed by atoms with E-state index in [1.54, 1.807) is 59.8 Å². The molecule has 8 heteroatoms. The van der Waals surface area contributed by atoms with Crippen LogP contribution in [0.3, 0.4) is 0 Å². The Morgan fingerprint density at radius 2 is 1.84 bits per heavy atom. The van der Waals surface area contributed by atoms with E-state index in [1.807, 2.05) is 13.8 Å². The minimum atomic E-state index is -1.95. The highest BCUT2D eigenvalue weighted by Gasteiger charge is 2.88. The maximum absolute atomic E-state index is 13.2. The summed E-state index contributed by atoms with van der Waals surface area (Å²) in [7, 11) is 0. The minimum Gasteiger partial charge on any atom is -0.454 e. The average molecular weight is 517 g/mol. The fraction of sp³-hybridized carbons (Fsp3) is 0.690. The molecule has 0 saturated heterocycles. The van der Waals surface area contributed by atoms with Crippen LogP contribution >= 0.6 is 0 Å². The lowest BCUT2D eigenvalue weighted by atomic mass is 9.59. The van der Waals surface area contributed by atoms with Crippen LogP contribution in [0.25, 0.3) is 0 Å². The second-order valence-corrected chi connectivity index (χ2v) is 12.3. The van der Waals surface area contributed by atoms with Gasteiger partial charge in [0.25, 0.3) is 0 Å². The van der Waals surface area contributed by atoms with Crippen molar-refractivity contribution in [1.82, 2.24) is 0 Å². The normalized spacial score (nSPS) is 42.1. The Labute approximate surface area is 218 Å². The largest absolute Gasteiger partial charge is 0.454 e. The molecule has 8 nitrogen and oxygen atoms in total. The molecule has 0 aliphatic heterocycles. The highest BCUT2D eigenvalue weighted by atomic mass is 16.6. The highest BCUT2D eigenvalue weighted by Crippen LogP contribution is 2.77. The van der Waals surface area contributed by atoms with Crippen LogP contribution in [-0.4, -0.2) is 62.6 Å². The zero-order valence-electron chi connectivity index (χ0n) is 23.0. The van der Waals surface area contributed by atoms with Gasteiger partial charge >= 0.3 is 11.9 Å². The Balaban J connectivity index is 1.96. The van der Waals surface area contributed by atoms with Crippen LogP contribution in [0.1, 0.15) is 61.8 Å². The molecule has 4 rings (SSSR count). The lowest BCUT2D eigenvalue weighted by Crippen LogP contribution is -2.66. The second kappa shape index (κ2) is 8.61. The quantitative estimate of drug-likeness (QED) is 0.289. The maximum Gasteiger partial charge on any atom is 0.333 e. The van der Waals surface area contributed by atoms with Gasteiger partial charge in [0, 0.05) is 41.1 Å². The van der Waals surface area contributed by atoms with E-state index in [1.165, 1.54) is 0 Å². The lowest BCUT2D eigenvalue weighted by Gasteiger charge is -2.53. The number of carbonyl (C=O) groups is 3. The zero-order valence-corrected chi connectivity index (χ0v) is 23.0. The van der Waals surface area contributed by atoms with Crippen molar-refractivity contribution < 1.29 is 39.2 Å². The van der Waals surface area contributed by atoms with E-state index in [9.17, 15) is 29.7 Å². The van der Waals surface area contributed by atoms with Gasteiger partial charge in [0.05, 0.1) is 18.1 Å². The Morgan fingerprint density at radius 3 is 2.38 bits per heavy atom. The maximum atomic E-state index is 13.2. The molecule has 8 atom stereocenters. The van der Waals surface area contributed by atoms with Gasteiger partial charge in [-0.1, -0.05) is 52.8 Å². The van der Waals surface area contributed by atoms with Gasteiger partial charge < -0.3 is 24.8 Å². The number of aliphatic hydroxyl groups excluding tert-OH is 1. The number of aliphatic hydroxyl groups is 3. The molecule has 204 valence electrons. The van der Waals surface area contributed by atoms with Gasteiger partial charge in [-0.25, -0.2) is 4.79 Å². The second-order valence-electron chi connectivity index (χ2n) is 12.3. The molecule has 0 aromatic carbocycles. The Hall–Kier alpha value is -2.29. The molecule has 0 unspecified atom stereocenters. The van der Waals surface area contributed by atoms with Gasteiger partial charge in [-0.2, -0.15) is 0 Å². The first-order chi connectivity index (χ1) is 17.0. The molecule has 3 N–H and O–H groups in total. The molecule has 0 spiro atoms. The van der Waals surface area contributed by atoms with E-state index < -0.39 is 82.2 Å². The molecule has 2 fully saturated rings. The van der Waals surface area contributed by atoms with Crippen LogP contribution in [0.2, 0.25) is 0 Å². The van der Waals surface area contributed by atoms with Gasteiger partial charge in [0.1, 0.15) is 11.7 Å². The molecule has 0 bridgehead atoms. The molecular weight excluding hydrogens is 476 g/mol. The van der Waals surface area contributed by atoms with E-state index in [0.29, 0.717) is 16.7 Å². The van der Waals surface area contributed by atoms with Gasteiger partial charge in [-0.05, 0) is 31.9 Å².